The highest BCUT2D eigenvalue weighted by Crippen LogP contribution is 2.22. The molecule has 2 aliphatic rings. The van der Waals surface area contributed by atoms with E-state index in [0.29, 0.717) is 25.4 Å². The average molecular weight is 356 g/mol. The van der Waals surface area contributed by atoms with Crippen LogP contribution in [0.25, 0.3) is 0 Å². The molecular weight excluding hydrogens is 328 g/mol. The zero-order valence-electron chi connectivity index (χ0n) is 15.5. The predicted molar refractivity (Wildman–Crippen MR) is 103 cm³/mol. The number of hydrogen-bond acceptors (Lipinski definition) is 4. The van der Waals surface area contributed by atoms with Crippen molar-refractivity contribution in [2.24, 2.45) is 5.10 Å². The summed E-state index contributed by atoms with van der Waals surface area (Å²) in [5.74, 6) is -0.0106. The molecule has 0 aromatic heterocycles. The first kappa shape index (κ1) is 18.6. The third-order valence-electron chi connectivity index (χ3n) is 5.25. The average Bonchev–Trinajstić information content (AvgIpc) is 2.68. The maximum atomic E-state index is 12.4. The molecule has 140 valence electrons. The minimum atomic E-state index is -0.0453. The standard InChI is InChI=1S/C20H28N4O2/c1-2-24(17-6-4-3-5-7-17)14-20(26)21-16-10-8-15(9-11-16)18-12-13-19(25)23-22-18/h8-11,17H,2-7,12-14H2,1H3,(H,21,26)(H,23,25). The van der Waals surface area contributed by atoms with E-state index in [1.165, 1.54) is 32.1 Å². The number of anilines is 1. The lowest BCUT2D eigenvalue weighted by molar-refractivity contribution is -0.121. The Labute approximate surface area is 155 Å². The van der Waals surface area contributed by atoms with Gasteiger partial charge in [-0.25, -0.2) is 5.43 Å². The van der Waals surface area contributed by atoms with Gasteiger partial charge in [0, 0.05) is 24.6 Å². The van der Waals surface area contributed by atoms with Crippen LogP contribution in [-0.4, -0.2) is 41.6 Å². The number of likely N-dealkylation sites (N-methyl/N-ethyl adjacent to an activating group) is 1. The van der Waals surface area contributed by atoms with Crippen LogP contribution in [0.5, 0.6) is 0 Å². The molecule has 1 aromatic carbocycles. The third kappa shape index (κ3) is 4.91. The van der Waals surface area contributed by atoms with Gasteiger partial charge >= 0.3 is 0 Å². The molecule has 0 bridgehead atoms. The molecule has 0 spiro atoms. The Morgan fingerprint density at radius 1 is 1.19 bits per heavy atom. The van der Waals surface area contributed by atoms with Crippen LogP contribution in [0.3, 0.4) is 0 Å². The van der Waals surface area contributed by atoms with Gasteiger partial charge in [0.1, 0.15) is 0 Å². The van der Waals surface area contributed by atoms with Gasteiger partial charge in [0.05, 0.1) is 12.3 Å². The quantitative estimate of drug-likeness (QED) is 0.823. The molecule has 2 amide bonds. The second-order valence-electron chi connectivity index (χ2n) is 7.07. The maximum Gasteiger partial charge on any atom is 0.240 e. The molecule has 3 rings (SSSR count). The Hall–Kier alpha value is -2.21. The fraction of sp³-hybridized carbons (Fsp3) is 0.550. The maximum absolute atomic E-state index is 12.4. The summed E-state index contributed by atoms with van der Waals surface area (Å²) in [4.78, 5) is 25.9. The minimum Gasteiger partial charge on any atom is -0.325 e. The van der Waals surface area contributed by atoms with E-state index in [2.05, 4.69) is 27.7 Å². The summed E-state index contributed by atoms with van der Waals surface area (Å²) < 4.78 is 0. The summed E-state index contributed by atoms with van der Waals surface area (Å²) in [6.07, 6.45) is 7.38. The molecule has 0 radical (unpaired) electrons. The number of amides is 2. The van der Waals surface area contributed by atoms with Gasteiger partial charge in [-0.2, -0.15) is 5.10 Å². The molecule has 1 aliphatic carbocycles. The van der Waals surface area contributed by atoms with Crippen LogP contribution >= 0.6 is 0 Å². The van der Waals surface area contributed by atoms with Gasteiger partial charge < -0.3 is 5.32 Å². The molecule has 1 heterocycles. The van der Waals surface area contributed by atoms with Crippen molar-refractivity contribution >= 4 is 23.2 Å². The number of carbonyl (C=O) groups excluding carboxylic acids is 2. The molecule has 1 aliphatic heterocycles. The molecule has 1 fully saturated rings. The first-order valence-electron chi connectivity index (χ1n) is 9.65. The molecule has 0 unspecified atom stereocenters. The van der Waals surface area contributed by atoms with E-state index in [4.69, 9.17) is 0 Å². The largest absolute Gasteiger partial charge is 0.325 e. The van der Waals surface area contributed by atoms with Crippen molar-refractivity contribution in [2.75, 3.05) is 18.4 Å². The molecule has 0 atom stereocenters. The molecule has 6 nitrogen and oxygen atoms in total. The van der Waals surface area contributed by atoms with Gasteiger partial charge in [0.15, 0.2) is 0 Å². The monoisotopic (exact) mass is 356 g/mol. The number of rotatable bonds is 6. The summed E-state index contributed by atoms with van der Waals surface area (Å²) in [5, 5.41) is 7.09. The number of nitrogens with zero attached hydrogens (tertiary/aromatic N) is 2. The van der Waals surface area contributed by atoms with Gasteiger partial charge in [-0.3, -0.25) is 14.5 Å². The van der Waals surface area contributed by atoms with E-state index < -0.39 is 0 Å². The SMILES string of the molecule is CCN(CC(=O)Nc1ccc(C2=NNC(=O)CC2)cc1)C1CCCCC1. The van der Waals surface area contributed by atoms with Crippen molar-refractivity contribution in [3.8, 4) is 0 Å². The second-order valence-corrected chi connectivity index (χ2v) is 7.07. The van der Waals surface area contributed by atoms with E-state index >= 15 is 0 Å². The third-order valence-corrected chi connectivity index (χ3v) is 5.25. The van der Waals surface area contributed by atoms with Crippen LogP contribution < -0.4 is 10.7 Å². The fourth-order valence-electron chi connectivity index (χ4n) is 3.76. The number of hydrogen-bond donors (Lipinski definition) is 2. The van der Waals surface area contributed by atoms with Crippen molar-refractivity contribution < 1.29 is 9.59 Å². The lowest BCUT2D eigenvalue weighted by Gasteiger charge is -2.32. The molecular formula is C20H28N4O2. The van der Waals surface area contributed by atoms with Crippen LogP contribution in [0.15, 0.2) is 29.4 Å². The van der Waals surface area contributed by atoms with E-state index in [1.54, 1.807) is 0 Å². The summed E-state index contributed by atoms with van der Waals surface area (Å²) in [6, 6.07) is 8.20. The van der Waals surface area contributed by atoms with Crippen molar-refractivity contribution in [1.29, 1.82) is 0 Å². The number of hydrazone groups is 1. The Morgan fingerprint density at radius 2 is 1.92 bits per heavy atom. The summed E-state index contributed by atoms with van der Waals surface area (Å²) in [7, 11) is 0. The first-order valence-corrected chi connectivity index (χ1v) is 9.65. The zero-order chi connectivity index (χ0) is 18.4. The van der Waals surface area contributed by atoms with Gasteiger partial charge in [0.2, 0.25) is 11.8 Å². The van der Waals surface area contributed by atoms with Crippen molar-refractivity contribution in [2.45, 2.75) is 57.9 Å². The number of carbonyl (C=O) groups is 2. The molecule has 2 N–H and O–H groups in total. The highest BCUT2D eigenvalue weighted by molar-refractivity contribution is 6.04. The molecule has 0 saturated heterocycles. The summed E-state index contributed by atoms with van der Waals surface area (Å²) >= 11 is 0. The van der Waals surface area contributed by atoms with Crippen LogP contribution in [0.1, 0.15) is 57.4 Å². The molecule has 26 heavy (non-hydrogen) atoms. The molecule has 1 aromatic rings. The van der Waals surface area contributed by atoms with Crippen molar-refractivity contribution in [3.05, 3.63) is 29.8 Å². The van der Waals surface area contributed by atoms with Crippen molar-refractivity contribution in [1.82, 2.24) is 10.3 Å². The fourth-order valence-corrected chi connectivity index (χ4v) is 3.76. The normalized spacial score (nSPS) is 18.4. The van der Waals surface area contributed by atoms with E-state index in [0.717, 1.165) is 23.5 Å². The first-order chi connectivity index (χ1) is 12.7. The van der Waals surface area contributed by atoms with Crippen LogP contribution in [0.4, 0.5) is 5.69 Å². The highest BCUT2D eigenvalue weighted by Gasteiger charge is 2.21. The van der Waals surface area contributed by atoms with Gasteiger partial charge in [0.25, 0.3) is 0 Å². The lowest BCUT2D eigenvalue weighted by Crippen LogP contribution is -2.41. The summed E-state index contributed by atoms with van der Waals surface area (Å²) in [6.45, 7) is 3.48. The predicted octanol–water partition coefficient (Wildman–Crippen LogP) is 2.89. The molecule has 6 heteroatoms. The Morgan fingerprint density at radius 3 is 2.54 bits per heavy atom. The minimum absolute atomic E-state index is 0.0347. The summed E-state index contributed by atoms with van der Waals surface area (Å²) in [5.41, 5.74) is 5.15. The van der Waals surface area contributed by atoms with Crippen LogP contribution in [0.2, 0.25) is 0 Å². The van der Waals surface area contributed by atoms with Gasteiger partial charge in [-0.1, -0.05) is 38.3 Å². The topological polar surface area (TPSA) is 73.8 Å². The van der Waals surface area contributed by atoms with Gasteiger partial charge in [-0.15, -0.1) is 0 Å². The smallest absolute Gasteiger partial charge is 0.240 e. The zero-order valence-corrected chi connectivity index (χ0v) is 15.5. The van der Waals surface area contributed by atoms with Crippen LogP contribution in [-0.2, 0) is 9.59 Å². The lowest BCUT2D eigenvalue weighted by atomic mass is 9.94. The molecule has 1 saturated carbocycles. The van der Waals surface area contributed by atoms with Crippen LogP contribution in [0, 0.1) is 0 Å². The van der Waals surface area contributed by atoms with Gasteiger partial charge in [-0.05, 0) is 37.1 Å². The highest BCUT2D eigenvalue weighted by atomic mass is 16.2. The Bertz CT molecular complexity index is 663. The van der Waals surface area contributed by atoms with E-state index in [1.807, 2.05) is 24.3 Å². The Balaban J connectivity index is 1.54. The number of nitrogens with one attached hydrogen (secondary N) is 2. The van der Waals surface area contributed by atoms with E-state index in [9.17, 15) is 9.59 Å². The van der Waals surface area contributed by atoms with E-state index in [-0.39, 0.29) is 11.8 Å². The second kappa shape index (κ2) is 8.94. The van der Waals surface area contributed by atoms with Crippen molar-refractivity contribution in [3.63, 3.8) is 0 Å². The number of benzene rings is 1. The Kier molecular flexibility index (Phi) is 6.39.